The number of carbonyl (C=O) groups excluding carboxylic acids is 1. The number of aromatic nitrogens is 2. The van der Waals surface area contributed by atoms with Crippen LogP contribution in [0.15, 0.2) is 18.3 Å². The van der Waals surface area contributed by atoms with Crippen LogP contribution >= 0.6 is 11.3 Å². The number of nitrogens with two attached hydrogens (primary N) is 1. The number of amides is 1. The van der Waals surface area contributed by atoms with Gasteiger partial charge in [0.05, 0.1) is 18.4 Å². The number of thiophene rings is 1. The van der Waals surface area contributed by atoms with Crippen molar-refractivity contribution < 1.29 is 4.79 Å². The van der Waals surface area contributed by atoms with Crippen LogP contribution in [-0.4, -0.2) is 15.7 Å². The molecule has 0 aliphatic heterocycles. The highest BCUT2D eigenvalue weighted by Crippen LogP contribution is 2.15. The zero-order valence-corrected chi connectivity index (χ0v) is 10.5. The Balaban J connectivity index is 2.03. The SMILES string of the molecule is Cc1ccc(CNC(=O)c2c(N)cnn2C)s1. The number of rotatable bonds is 3. The molecule has 0 saturated carbocycles. The van der Waals surface area contributed by atoms with Crippen LogP contribution in [0.5, 0.6) is 0 Å². The van der Waals surface area contributed by atoms with Crippen LogP contribution in [0, 0.1) is 6.92 Å². The summed E-state index contributed by atoms with van der Waals surface area (Å²) in [6.07, 6.45) is 1.48. The second-order valence-corrected chi connectivity index (χ2v) is 5.14. The van der Waals surface area contributed by atoms with Crippen molar-refractivity contribution in [1.29, 1.82) is 0 Å². The molecule has 90 valence electrons. The van der Waals surface area contributed by atoms with E-state index in [1.807, 2.05) is 19.1 Å². The summed E-state index contributed by atoms with van der Waals surface area (Å²) in [7, 11) is 1.70. The van der Waals surface area contributed by atoms with E-state index in [0.29, 0.717) is 17.9 Å². The molecule has 1 amide bonds. The Morgan fingerprint density at radius 3 is 2.88 bits per heavy atom. The molecular weight excluding hydrogens is 236 g/mol. The summed E-state index contributed by atoms with van der Waals surface area (Å²) in [6, 6.07) is 4.04. The molecule has 2 heterocycles. The fourth-order valence-electron chi connectivity index (χ4n) is 1.56. The van der Waals surface area contributed by atoms with Gasteiger partial charge in [0.15, 0.2) is 0 Å². The molecule has 17 heavy (non-hydrogen) atoms. The molecule has 6 heteroatoms. The van der Waals surface area contributed by atoms with Crippen molar-refractivity contribution in [2.75, 3.05) is 5.73 Å². The van der Waals surface area contributed by atoms with Gasteiger partial charge in [0, 0.05) is 16.8 Å². The van der Waals surface area contributed by atoms with Crippen molar-refractivity contribution in [1.82, 2.24) is 15.1 Å². The van der Waals surface area contributed by atoms with Gasteiger partial charge in [-0.05, 0) is 19.1 Å². The van der Waals surface area contributed by atoms with Crippen LogP contribution in [0.1, 0.15) is 20.2 Å². The summed E-state index contributed by atoms with van der Waals surface area (Å²) in [5.41, 5.74) is 6.47. The van der Waals surface area contributed by atoms with E-state index < -0.39 is 0 Å². The van der Waals surface area contributed by atoms with Crippen molar-refractivity contribution in [2.24, 2.45) is 7.05 Å². The summed E-state index contributed by atoms with van der Waals surface area (Å²) in [5.74, 6) is -0.200. The lowest BCUT2D eigenvalue weighted by Crippen LogP contribution is -2.25. The summed E-state index contributed by atoms with van der Waals surface area (Å²) in [5, 5.41) is 6.76. The lowest BCUT2D eigenvalue weighted by atomic mass is 10.3. The van der Waals surface area contributed by atoms with E-state index in [9.17, 15) is 4.79 Å². The first-order chi connectivity index (χ1) is 8.08. The van der Waals surface area contributed by atoms with Gasteiger partial charge in [-0.25, -0.2) is 0 Å². The first-order valence-corrected chi connectivity index (χ1v) is 6.00. The lowest BCUT2D eigenvalue weighted by molar-refractivity contribution is 0.0943. The van der Waals surface area contributed by atoms with E-state index >= 15 is 0 Å². The molecule has 0 saturated heterocycles. The second-order valence-electron chi connectivity index (χ2n) is 3.77. The third-order valence-corrected chi connectivity index (χ3v) is 3.40. The number of carbonyl (C=O) groups is 1. The third-order valence-electron chi connectivity index (χ3n) is 2.40. The Kier molecular flexibility index (Phi) is 3.14. The zero-order valence-electron chi connectivity index (χ0n) is 9.73. The van der Waals surface area contributed by atoms with Gasteiger partial charge in [0.1, 0.15) is 5.69 Å². The first kappa shape index (κ1) is 11.7. The summed E-state index contributed by atoms with van der Waals surface area (Å²) in [6.45, 7) is 2.55. The van der Waals surface area contributed by atoms with E-state index in [0.717, 1.165) is 4.88 Å². The highest BCUT2D eigenvalue weighted by molar-refractivity contribution is 7.11. The molecule has 0 atom stereocenters. The van der Waals surface area contributed by atoms with E-state index in [1.54, 1.807) is 18.4 Å². The van der Waals surface area contributed by atoms with Crippen molar-refractivity contribution in [3.05, 3.63) is 33.8 Å². The molecule has 2 aromatic rings. The largest absolute Gasteiger partial charge is 0.396 e. The van der Waals surface area contributed by atoms with Gasteiger partial charge in [-0.2, -0.15) is 5.10 Å². The van der Waals surface area contributed by atoms with Crippen LogP contribution in [0.25, 0.3) is 0 Å². The Morgan fingerprint density at radius 2 is 2.35 bits per heavy atom. The van der Waals surface area contributed by atoms with Gasteiger partial charge in [-0.1, -0.05) is 0 Å². The Hall–Kier alpha value is -1.82. The first-order valence-electron chi connectivity index (χ1n) is 5.19. The number of hydrogen-bond acceptors (Lipinski definition) is 4. The number of nitrogens with one attached hydrogen (secondary N) is 1. The van der Waals surface area contributed by atoms with Crippen LogP contribution in [-0.2, 0) is 13.6 Å². The topological polar surface area (TPSA) is 72.9 Å². The zero-order chi connectivity index (χ0) is 12.4. The van der Waals surface area contributed by atoms with Crippen LogP contribution in [0.4, 0.5) is 5.69 Å². The minimum absolute atomic E-state index is 0.200. The quantitative estimate of drug-likeness (QED) is 0.862. The number of hydrogen-bond donors (Lipinski definition) is 2. The molecule has 0 bridgehead atoms. The van der Waals surface area contributed by atoms with Crippen LogP contribution in [0.2, 0.25) is 0 Å². The summed E-state index contributed by atoms with van der Waals surface area (Å²) in [4.78, 5) is 14.2. The van der Waals surface area contributed by atoms with Crippen molar-refractivity contribution >= 4 is 22.9 Å². The predicted octanol–water partition coefficient (Wildman–Crippen LogP) is 1.30. The van der Waals surface area contributed by atoms with Crippen molar-refractivity contribution in [3.63, 3.8) is 0 Å². The number of nitrogens with zero attached hydrogens (tertiary/aromatic N) is 2. The molecule has 2 aromatic heterocycles. The van der Waals surface area contributed by atoms with E-state index in [1.165, 1.54) is 15.8 Å². The van der Waals surface area contributed by atoms with Gasteiger partial charge in [-0.15, -0.1) is 11.3 Å². The number of aryl methyl sites for hydroxylation is 2. The predicted molar refractivity (Wildman–Crippen MR) is 67.8 cm³/mol. The minimum Gasteiger partial charge on any atom is -0.396 e. The molecule has 2 rings (SSSR count). The fraction of sp³-hybridized carbons (Fsp3) is 0.273. The minimum atomic E-state index is -0.200. The molecule has 0 radical (unpaired) electrons. The molecule has 0 spiro atoms. The molecule has 0 aliphatic carbocycles. The third kappa shape index (κ3) is 2.47. The van der Waals surface area contributed by atoms with Gasteiger partial charge < -0.3 is 11.1 Å². The van der Waals surface area contributed by atoms with Crippen molar-refractivity contribution in [2.45, 2.75) is 13.5 Å². The Morgan fingerprint density at radius 1 is 1.59 bits per heavy atom. The molecular formula is C11H14N4OS. The highest BCUT2D eigenvalue weighted by atomic mass is 32.1. The fourth-order valence-corrected chi connectivity index (χ4v) is 2.39. The maximum Gasteiger partial charge on any atom is 0.271 e. The maximum atomic E-state index is 11.9. The van der Waals surface area contributed by atoms with Crippen molar-refractivity contribution in [3.8, 4) is 0 Å². The molecule has 0 unspecified atom stereocenters. The standard InChI is InChI=1S/C11H14N4OS/c1-7-3-4-8(17-7)5-13-11(16)10-9(12)6-14-15(10)2/h3-4,6H,5,12H2,1-2H3,(H,13,16). The molecule has 0 aromatic carbocycles. The smallest absolute Gasteiger partial charge is 0.271 e. The van der Waals surface area contributed by atoms with Crippen LogP contribution < -0.4 is 11.1 Å². The molecule has 0 fully saturated rings. The molecule has 0 aliphatic rings. The Bertz CT molecular complexity index is 524. The number of anilines is 1. The molecule has 5 nitrogen and oxygen atoms in total. The monoisotopic (exact) mass is 250 g/mol. The Labute approximate surface area is 103 Å². The lowest BCUT2D eigenvalue weighted by Gasteiger charge is -2.04. The van der Waals surface area contributed by atoms with Gasteiger partial charge >= 0.3 is 0 Å². The van der Waals surface area contributed by atoms with Gasteiger partial charge in [0.25, 0.3) is 5.91 Å². The summed E-state index contributed by atoms with van der Waals surface area (Å²) >= 11 is 1.67. The number of nitrogen functional groups attached to an aromatic ring is 1. The van der Waals surface area contributed by atoms with E-state index in [-0.39, 0.29) is 5.91 Å². The summed E-state index contributed by atoms with van der Waals surface area (Å²) < 4.78 is 1.48. The van der Waals surface area contributed by atoms with E-state index in [4.69, 9.17) is 5.73 Å². The van der Waals surface area contributed by atoms with Gasteiger partial charge in [0.2, 0.25) is 0 Å². The van der Waals surface area contributed by atoms with Crippen LogP contribution in [0.3, 0.4) is 0 Å². The van der Waals surface area contributed by atoms with Gasteiger partial charge in [-0.3, -0.25) is 9.48 Å². The average Bonchev–Trinajstić information content (AvgIpc) is 2.83. The van der Waals surface area contributed by atoms with E-state index in [2.05, 4.69) is 10.4 Å². The normalized spacial score (nSPS) is 10.5. The highest BCUT2D eigenvalue weighted by Gasteiger charge is 2.14. The average molecular weight is 250 g/mol. The molecule has 3 N–H and O–H groups in total. The maximum absolute atomic E-state index is 11.9. The second kappa shape index (κ2) is 4.58.